The van der Waals surface area contributed by atoms with Gasteiger partial charge in [0.25, 0.3) is 5.91 Å². The first-order chi connectivity index (χ1) is 9.66. The summed E-state index contributed by atoms with van der Waals surface area (Å²) in [4.78, 5) is 14.4. The van der Waals surface area contributed by atoms with Gasteiger partial charge in [-0.2, -0.15) is 0 Å². The van der Waals surface area contributed by atoms with Crippen LogP contribution < -0.4 is 5.32 Å². The molecule has 21 heavy (non-hydrogen) atoms. The summed E-state index contributed by atoms with van der Waals surface area (Å²) in [5, 5.41) is 3.10. The van der Waals surface area contributed by atoms with Crippen LogP contribution in [0.15, 0.2) is 60.7 Å². The number of nitrogens with one attached hydrogen (secondary N) is 1. The summed E-state index contributed by atoms with van der Waals surface area (Å²) in [5.74, 6) is -0.0405. The third-order valence-corrected chi connectivity index (χ3v) is 3.09. The molecule has 2 aromatic rings. The molecule has 0 aliphatic rings. The Labute approximate surface area is 132 Å². The van der Waals surface area contributed by atoms with Crippen molar-refractivity contribution in [1.82, 2.24) is 10.2 Å². The minimum absolute atomic E-state index is 0. The molecule has 0 spiro atoms. The van der Waals surface area contributed by atoms with Gasteiger partial charge in [-0.15, -0.1) is 12.4 Å². The normalized spacial score (nSPS) is 11.6. The number of hydrogen-bond donors (Lipinski definition) is 1. The van der Waals surface area contributed by atoms with Crippen LogP contribution in [-0.2, 0) is 0 Å². The number of carbonyl (C=O) groups excluding carboxylic acids is 1. The van der Waals surface area contributed by atoms with E-state index < -0.39 is 0 Å². The van der Waals surface area contributed by atoms with Crippen LogP contribution in [0.4, 0.5) is 0 Å². The molecule has 1 unspecified atom stereocenters. The van der Waals surface area contributed by atoms with Crippen LogP contribution in [0.1, 0.15) is 22.0 Å². The fraction of sp³-hybridized carbons (Fsp3) is 0.235. The van der Waals surface area contributed by atoms with Crippen LogP contribution in [0.5, 0.6) is 0 Å². The summed E-state index contributed by atoms with van der Waals surface area (Å²) in [7, 11) is 4.01. The Kier molecular flexibility index (Phi) is 6.92. The van der Waals surface area contributed by atoms with Gasteiger partial charge in [0.2, 0.25) is 0 Å². The van der Waals surface area contributed by atoms with Gasteiger partial charge in [0.05, 0.1) is 6.04 Å². The highest BCUT2D eigenvalue weighted by molar-refractivity contribution is 5.94. The summed E-state index contributed by atoms with van der Waals surface area (Å²) >= 11 is 0. The molecule has 0 fully saturated rings. The molecule has 112 valence electrons. The number of likely N-dealkylation sites (N-methyl/N-ethyl adjacent to an activating group) is 1. The average Bonchev–Trinajstić information content (AvgIpc) is 2.48. The molecule has 0 heterocycles. The zero-order chi connectivity index (χ0) is 14.4. The largest absolute Gasteiger partial charge is 0.344 e. The van der Waals surface area contributed by atoms with Crippen LogP contribution in [0.3, 0.4) is 0 Å². The highest BCUT2D eigenvalue weighted by Gasteiger charge is 2.16. The third-order valence-electron chi connectivity index (χ3n) is 3.09. The van der Waals surface area contributed by atoms with Crippen molar-refractivity contribution in [3.05, 3.63) is 71.8 Å². The lowest BCUT2D eigenvalue weighted by Gasteiger charge is -2.23. The number of hydrogen-bond acceptors (Lipinski definition) is 2. The van der Waals surface area contributed by atoms with E-state index in [0.29, 0.717) is 5.56 Å². The van der Waals surface area contributed by atoms with Gasteiger partial charge in [0, 0.05) is 12.1 Å². The second-order valence-electron chi connectivity index (χ2n) is 5.06. The maximum absolute atomic E-state index is 12.3. The number of benzene rings is 2. The molecular formula is C17H21ClN2O. The van der Waals surface area contributed by atoms with E-state index in [1.165, 1.54) is 0 Å². The molecule has 2 aromatic carbocycles. The second-order valence-corrected chi connectivity index (χ2v) is 5.06. The zero-order valence-corrected chi connectivity index (χ0v) is 13.1. The molecule has 1 N–H and O–H groups in total. The Morgan fingerprint density at radius 2 is 1.52 bits per heavy atom. The van der Waals surface area contributed by atoms with Crippen molar-refractivity contribution in [1.29, 1.82) is 0 Å². The smallest absolute Gasteiger partial charge is 0.251 e. The molecule has 0 aliphatic heterocycles. The van der Waals surface area contributed by atoms with Crippen molar-refractivity contribution in [3.8, 4) is 0 Å². The predicted molar refractivity (Wildman–Crippen MR) is 88.9 cm³/mol. The first-order valence-corrected chi connectivity index (χ1v) is 6.72. The van der Waals surface area contributed by atoms with E-state index in [2.05, 4.69) is 10.2 Å². The van der Waals surface area contributed by atoms with Crippen molar-refractivity contribution < 1.29 is 4.79 Å². The molecule has 0 aliphatic carbocycles. The van der Waals surface area contributed by atoms with E-state index in [1.54, 1.807) is 0 Å². The van der Waals surface area contributed by atoms with E-state index in [0.717, 1.165) is 12.1 Å². The molecule has 0 aromatic heterocycles. The monoisotopic (exact) mass is 304 g/mol. The Morgan fingerprint density at radius 1 is 1.00 bits per heavy atom. The number of rotatable bonds is 5. The number of halogens is 1. The standard InChI is InChI=1S/C17H20N2O.ClH/c1-19(2)13-16(14-9-5-3-6-10-14)18-17(20)15-11-7-4-8-12-15;/h3-12,16H,13H2,1-2H3,(H,18,20);1H. The average molecular weight is 305 g/mol. The van der Waals surface area contributed by atoms with Crippen molar-refractivity contribution in [3.63, 3.8) is 0 Å². The summed E-state index contributed by atoms with van der Waals surface area (Å²) in [6.07, 6.45) is 0. The van der Waals surface area contributed by atoms with Crippen molar-refractivity contribution in [2.75, 3.05) is 20.6 Å². The number of carbonyl (C=O) groups is 1. The fourth-order valence-electron chi connectivity index (χ4n) is 2.12. The maximum Gasteiger partial charge on any atom is 0.251 e. The molecule has 3 nitrogen and oxygen atoms in total. The Balaban J connectivity index is 0.00000220. The van der Waals surface area contributed by atoms with Crippen LogP contribution >= 0.6 is 12.4 Å². The maximum atomic E-state index is 12.3. The Bertz CT molecular complexity index is 543. The van der Waals surface area contributed by atoms with E-state index in [-0.39, 0.29) is 24.4 Å². The summed E-state index contributed by atoms with van der Waals surface area (Å²) in [6.45, 7) is 0.766. The molecule has 0 radical (unpaired) electrons. The Hall–Kier alpha value is -1.84. The van der Waals surface area contributed by atoms with E-state index in [1.807, 2.05) is 74.8 Å². The highest BCUT2D eigenvalue weighted by atomic mass is 35.5. The first-order valence-electron chi connectivity index (χ1n) is 6.72. The van der Waals surface area contributed by atoms with Crippen molar-refractivity contribution in [2.24, 2.45) is 0 Å². The van der Waals surface area contributed by atoms with E-state index >= 15 is 0 Å². The number of amides is 1. The van der Waals surface area contributed by atoms with Gasteiger partial charge in [-0.3, -0.25) is 4.79 Å². The van der Waals surface area contributed by atoms with Crippen molar-refractivity contribution in [2.45, 2.75) is 6.04 Å². The quantitative estimate of drug-likeness (QED) is 0.920. The minimum Gasteiger partial charge on any atom is -0.344 e. The van der Waals surface area contributed by atoms with E-state index in [4.69, 9.17) is 0 Å². The Morgan fingerprint density at radius 3 is 2.05 bits per heavy atom. The SMILES string of the molecule is CN(C)CC(NC(=O)c1ccccc1)c1ccccc1.Cl. The molecule has 2 rings (SSSR count). The predicted octanol–water partition coefficient (Wildman–Crippen LogP) is 3.14. The highest BCUT2D eigenvalue weighted by Crippen LogP contribution is 2.14. The van der Waals surface area contributed by atoms with Gasteiger partial charge in [0.1, 0.15) is 0 Å². The lowest BCUT2D eigenvalue weighted by Crippen LogP contribution is -2.35. The van der Waals surface area contributed by atoms with Gasteiger partial charge in [-0.25, -0.2) is 0 Å². The number of nitrogens with zero attached hydrogens (tertiary/aromatic N) is 1. The topological polar surface area (TPSA) is 32.3 Å². The molecule has 0 saturated carbocycles. The lowest BCUT2D eigenvalue weighted by atomic mass is 10.1. The molecule has 0 bridgehead atoms. The molecular weight excluding hydrogens is 284 g/mol. The summed E-state index contributed by atoms with van der Waals surface area (Å²) in [6, 6.07) is 19.3. The fourth-order valence-corrected chi connectivity index (χ4v) is 2.12. The van der Waals surface area contributed by atoms with Crippen LogP contribution in [-0.4, -0.2) is 31.4 Å². The van der Waals surface area contributed by atoms with Crippen LogP contribution in [0.2, 0.25) is 0 Å². The van der Waals surface area contributed by atoms with Gasteiger partial charge >= 0.3 is 0 Å². The first kappa shape index (κ1) is 17.2. The van der Waals surface area contributed by atoms with Gasteiger partial charge in [-0.1, -0.05) is 48.5 Å². The summed E-state index contributed by atoms with van der Waals surface area (Å²) in [5.41, 5.74) is 1.80. The van der Waals surface area contributed by atoms with Gasteiger partial charge in [0.15, 0.2) is 0 Å². The van der Waals surface area contributed by atoms with Crippen LogP contribution in [0, 0.1) is 0 Å². The van der Waals surface area contributed by atoms with Gasteiger partial charge in [-0.05, 0) is 31.8 Å². The lowest BCUT2D eigenvalue weighted by molar-refractivity contribution is 0.0930. The molecule has 1 amide bonds. The second kappa shape index (κ2) is 8.45. The van der Waals surface area contributed by atoms with Gasteiger partial charge < -0.3 is 10.2 Å². The zero-order valence-electron chi connectivity index (χ0n) is 12.3. The van der Waals surface area contributed by atoms with Crippen molar-refractivity contribution >= 4 is 18.3 Å². The third kappa shape index (κ3) is 5.21. The molecule has 0 saturated heterocycles. The minimum atomic E-state index is -0.0405. The molecule has 4 heteroatoms. The summed E-state index contributed by atoms with van der Waals surface area (Å²) < 4.78 is 0. The van der Waals surface area contributed by atoms with E-state index in [9.17, 15) is 4.79 Å². The van der Waals surface area contributed by atoms with Crippen LogP contribution in [0.25, 0.3) is 0 Å². The molecule has 1 atom stereocenters.